The molecule has 1 amide bonds. The fourth-order valence-corrected chi connectivity index (χ4v) is 2.24. The number of ether oxygens (including phenoxy) is 1. The Kier molecular flexibility index (Phi) is 4.29. The second-order valence-electron chi connectivity index (χ2n) is 4.89. The van der Waals surface area contributed by atoms with Crippen molar-refractivity contribution in [2.45, 2.75) is 0 Å². The highest BCUT2D eigenvalue weighted by molar-refractivity contribution is 6.01. The van der Waals surface area contributed by atoms with Crippen LogP contribution in [0.25, 0.3) is 10.8 Å². The molecule has 0 saturated heterocycles. The summed E-state index contributed by atoms with van der Waals surface area (Å²) in [5.41, 5.74) is 3.75. The molecule has 0 saturated carbocycles. The van der Waals surface area contributed by atoms with Gasteiger partial charge in [0.2, 0.25) is 0 Å². The van der Waals surface area contributed by atoms with Crippen LogP contribution in [0.2, 0.25) is 0 Å². The van der Waals surface area contributed by atoms with Gasteiger partial charge in [-0.25, -0.2) is 5.43 Å². The Morgan fingerprint density at radius 2 is 1.96 bits per heavy atom. The predicted octanol–water partition coefficient (Wildman–Crippen LogP) is 3.01. The first-order chi connectivity index (χ1) is 11.3. The van der Waals surface area contributed by atoms with Crippen molar-refractivity contribution in [3.8, 4) is 5.75 Å². The molecule has 0 radical (unpaired) electrons. The molecule has 2 aromatic carbocycles. The summed E-state index contributed by atoms with van der Waals surface area (Å²) in [6.45, 7) is 0. The third-order valence-electron chi connectivity index (χ3n) is 3.38. The zero-order valence-corrected chi connectivity index (χ0v) is 12.6. The van der Waals surface area contributed by atoms with Crippen molar-refractivity contribution in [2.75, 3.05) is 7.11 Å². The zero-order valence-electron chi connectivity index (χ0n) is 12.6. The fourth-order valence-electron chi connectivity index (χ4n) is 2.24. The summed E-state index contributed by atoms with van der Waals surface area (Å²) in [4.78, 5) is 16.3. The summed E-state index contributed by atoms with van der Waals surface area (Å²) >= 11 is 0. The molecule has 3 rings (SSSR count). The largest absolute Gasteiger partial charge is 0.496 e. The summed E-state index contributed by atoms with van der Waals surface area (Å²) in [7, 11) is 1.54. The number of hydrogen-bond donors (Lipinski definition) is 1. The lowest BCUT2D eigenvalue weighted by Crippen LogP contribution is -2.18. The molecule has 0 aliphatic carbocycles. The maximum atomic E-state index is 12.3. The summed E-state index contributed by atoms with van der Waals surface area (Å²) in [5, 5.41) is 5.93. The molecule has 3 aromatic rings. The molecule has 1 aromatic heterocycles. The third kappa shape index (κ3) is 3.35. The quantitative estimate of drug-likeness (QED) is 0.595. The van der Waals surface area contributed by atoms with Crippen molar-refractivity contribution in [3.05, 3.63) is 72.1 Å². The van der Waals surface area contributed by atoms with Crippen molar-refractivity contribution in [2.24, 2.45) is 5.10 Å². The van der Waals surface area contributed by atoms with E-state index in [-0.39, 0.29) is 5.91 Å². The molecule has 5 nitrogen and oxygen atoms in total. The van der Waals surface area contributed by atoms with Crippen LogP contribution >= 0.6 is 0 Å². The molecule has 0 spiro atoms. The monoisotopic (exact) mass is 305 g/mol. The minimum absolute atomic E-state index is 0.326. The number of nitrogens with one attached hydrogen (secondary N) is 1. The number of amides is 1. The minimum Gasteiger partial charge on any atom is -0.496 e. The number of hydrazone groups is 1. The van der Waals surface area contributed by atoms with Gasteiger partial charge >= 0.3 is 0 Å². The number of nitrogens with zero attached hydrogens (tertiary/aromatic N) is 2. The Hall–Kier alpha value is -3.21. The van der Waals surface area contributed by atoms with Crippen molar-refractivity contribution < 1.29 is 9.53 Å². The summed E-state index contributed by atoms with van der Waals surface area (Å²) in [6, 6.07) is 15.1. The van der Waals surface area contributed by atoms with Gasteiger partial charge in [0.25, 0.3) is 5.91 Å². The average molecular weight is 305 g/mol. The van der Waals surface area contributed by atoms with Crippen molar-refractivity contribution >= 4 is 22.9 Å². The Balaban J connectivity index is 1.84. The number of aromatic nitrogens is 1. The van der Waals surface area contributed by atoms with Gasteiger partial charge in [0.15, 0.2) is 0 Å². The molecule has 5 heteroatoms. The smallest absolute Gasteiger partial charge is 0.275 e. The maximum absolute atomic E-state index is 12.3. The van der Waals surface area contributed by atoms with Gasteiger partial charge < -0.3 is 4.74 Å². The van der Waals surface area contributed by atoms with Gasteiger partial charge in [0.1, 0.15) is 5.75 Å². The number of carbonyl (C=O) groups excluding carboxylic acids is 1. The van der Waals surface area contributed by atoms with Gasteiger partial charge in [0, 0.05) is 18.0 Å². The fraction of sp³-hybridized carbons (Fsp3) is 0.0556. The van der Waals surface area contributed by atoms with E-state index in [1.807, 2.05) is 36.4 Å². The number of fused-ring (bicyclic) bond motifs is 1. The normalized spacial score (nSPS) is 10.8. The van der Waals surface area contributed by atoms with E-state index >= 15 is 0 Å². The van der Waals surface area contributed by atoms with Crippen LogP contribution in [0.15, 0.2) is 66.0 Å². The Morgan fingerprint density at radius 3 is 2.65 bits per heavy atom. The van der Waals surface area contributed by atoms with E-state index in [9.17, 15) is 4.79 Å². The molecule has 0 aliphatic rings. The van der Waals surface area contributed by atoms with Crippen LogP contribution in [0.5, 0.6) is 5.75 Å². The van der Waals surface area contributed by atoms with E-state index in [1.54, 1.807) is 37.9 Å². The third-order valence-corrected chi connectivity index (χ3v) is 3.38. The molecule has 0 fully saturated rings. The van der Waals surface area contributed by atoms with E-state index in [0.29, 0.717) is 11.3 Å². The van der Waals surface area contributed by atoms with Gasteiger partial charge in [-0.3, -0.25) is 9.78 Å². The maximum Gasteiger partial charge on any atom is 0.275 e. The molecule has 1 heterocycles. The number of hydrogen-bond acceptors (Lipinski definition) is 4. The van der Waals surface area contributed by atoms with Gasteiger partial charge in [0.05, 0.1) is 18.9 Å². The summed E-state index contributed by atoms with van der Waals surface area (Å²) < 4.78 is 5.32. The highest BCUT2D eigenvalue weighted by Crippen LogP contribution is 2.25. The van der Waals surface area contributed by atoms with Gasteiger partial charge in [-0.1, -0.05) is 30.3 Å². The molecule has 23 heavy (non-hydrogen) atoms. The second-order valence-corrected chi connectivity index (χ2v) is 4.89. The molecular formula is C18H15N3O2. The van der Waals surface area contributed by atoms with Gasteiger partial charge in [-0.2, -0.15) is 5.10 Å². The minimum atomic E-state index is -0.326. The lowest BCUT2D eigenvalue weighted by Gasteiger charge is -2.09. The van der Waals surface area contributed by atoms with Crippen molar-refractivity contribution in [1.82, 2.24) is 10.4 Å². The number of rotatable bonds is 4. The van der Waals surface area contributed by atoms with Crippen LogP contribution in [-0.2, 0) is 0 Å². The number of benzene rings is 2. The van der Waals surface area contributed by atoms with Crippen LogP contribution in [0.1, 0.15) is 15.9 Å². The molecule has 0 unspecified atom stereocenters. The van der Waals surface area contributed by atoms with Gasteiger partial charge in [-0.05, 0) is 29.0 Å². The Labute approximate surface area is 133 Å². The van der Waals surface area contributed by atoms with E-state index < -0.39 is 0 Å². The average Bonchev–Trinajstić information content (AvgIpc) is 2.61. The predicted molar refractivity (Wildman–Crippen MR) is 89.8 cm³/mol. The van der Waals surface area contributed by atoms with Crippen LogP contribution in [-0.4, -0.2) is 24.2 Å². The summed E-state index contributed by atoms with van der Waals surface area (Å²) in [5.74, 6) is 0.186. The molecular weight excluding hydrogens is 290 g/mol. The van der Waals surface area contributed by atoms with Crippen molar-refractivity contribution in [3.63, 3.8) is 0 Å². The van der Waals surface area contributed by atoms with E-state index in [4.69, 9.17) is 4.74 Å². The van der Waals surface area contributed by atoms with Gasteiger partial charge in [-0.15, -0.1) is 0 Å². The topological polar surface area (TPSA) is 63.6 Å². The Bertz CT molecular complexity index is 861. The Morgan fingerprint density at radius 1 is 1.17 bits per heavy atom. The van der Waals surface area contributed by atoms with Crippen LogP contribution in [0, 0.1) is 0 Å². The zero-order chi connectivity index (χ0) is 16.1. The van der Waals surface area contributed by atoms with Crippen LogP contribution in [0.3, 0.4) is 0 Å². The standard InChI is InChI=1S/C18H15N3O2/c1-23-17-10-15-7-3-2-6-14(15)9-16(17)18(22)21-20-12-13-5-4-8-19-11-13/h2-12H,1H3,(H,21,22). The molecule has 0 bridgehead atoms. The van der Waals surface area contributed by atoms with Crippen LogP contribution in [0.4, 0.5) is 0 Å². The number of pyridine rings is 1. The number of carbonyl (C=O) groups is 1. The molecule has 114 valence electrons. The second kappa shape index (κ2) is 6.70. The highest BCUT2D eigenvalue weighted by atomic mass is 16.5. The first-order valence-corrected chi connectivity index (χ1v) is 7.08. The highest BCUT2D eigenvalue weighted by Gasteiger charge is 2.12. The van der Waals surface area contributed by atoms with Crippen LogP contribution < -0.4 is 10.2 Å². The van der Waals surface area contributed by atoms with E-state index in [1.165, 1.54) is 0 Å². The molecule has 0 aliphatic heterocycles. The molecule has 0 atom stereocenters. The lowest BCUT2D eigenvalue weighted by atomic mass is 10.1. The first kappa shape index (κ1) is 14.7. The van der Waals surface area contributed by atoms with E-state index in [0.717, 1.165) is 16.3 Å². The lowest BCUT2D eigenvalue weighted by molar-refractivity contribution is 0.0952. The van der Waals surface area contributed by atoms with E-state index in [2.05, 4.69) is 15.5 Å². The first-order valence-electron chi connectivity index (χ1n) is 7.08. The molecule has 1 N–H and O–H groups in total. The number of methoxy groups -OCH3 is 1. The summed E-state index contributed by atoms with van der Waals surface area (Å²) in [6.07, 6.45) is 4.88. The SMILES string of the molecule is COc1cc2ccccc2cc1C(=O)NN=Cc1cccnc1. The van der Waals surface area contributed by atoms with Crippen molar-refractivity contribution in [1.29, 1.82) is 0 Å².